The minimum absolute atomic E-state index is 0.0978. The molecule has 0 saturated carbocycles. The fourth-order valence-electron chi connectivity index (χ4n) is 1.46. The van der Waals surface area contributed by atoms with E-state index in [1.165, 1.54) is 18.2 Å². The molecule has 0 atom stereocenters. The number of nitrogens with two attached hydrogens (primary N) is 1. The number of nitro groups is 1. The average Bonchev–Trinajstić information content (AvgIpc) is 2.73. The van der Waals surface area contributed by atoms with Crippen LogP contribution in [0.5, 0.6) is 0 Å². The van der Waals surface area contributed by atoms with Crippen LogP contribution in [0.1, 0.15) is 16.2 Å². The number of hydrogen-bond acceptors (Lipinski definition) is 7. The van der Waals surface area contributed by atoms with Crippen LogP contribution in [-0.2, 0) is 0 Å². The molecular formula is C10H9N5O4. The monoisotopic (exact) mass is 263 g/mol. The van der Waals surface area contributed by atoms with Gasteiger partial charge in [0, 0.05) is 6.92 Å². The van der Waals surface area contributed by atoms with Gasteiger partial charge in [0.05, 0.1) is 4.92 Å². The fraction of sp³-hybridized carbons (Fsp3) is 0.100. The van der Waals surface area contributed by atoms with Gasteiger partial charge in [-0.3, -0.25) is 20.2 Å². The molecule has 19 heavy (non-hydrogen) atoms. The van der Waals surface area contributed by atoms with Gasteiger partial charge in [-0.25, -0.2) is 0 Å². The first-order valence-corrected chi connectivity index (χ1v) is 5.13. The number of amides is 1. The van der Waals surface area contributed by atoms with Crippen LogP contribution in [0, 0.1) is 17.0 Å². The zero-order valence-electron chi connectivity index (χ0n) is 9.78. The summed E-state index contributed by atoms with van der Waals surface area (Å²) in [6.07, 6.45) is 0. The lowest BCUT2D eigenvalue weighted by Crippen LogP contribution is -2.15. The van der Waals surface area contributed by atoms with Crippen molar-refractivity contribution in [3.8, 4) is 0 Å². The van der Waals surface area contributed by atoms with Crippen LogP contribution in [0.25, 0.3) is 0 Å². The number of anilines is 2. The molecule has 1 heterocycles. The maximum Gasteiger partial charge on any atom is 0.322 e. The smallest absolute Gasteiger partial charge is 0.322 e. The lowest BCUT2D eigenvalue weighted by molar-refractivity contribution is -0.384. The van der Waals surface area contributed by atoms with Crippen molar-refractivity contribution in [1.29, 1.82) is 0 Å². The molecule has 0 aliphatic rings. The molecule has 0 radical (unpaired) electrons. The van der Waals surface area contributed by atoms with Crippen LogP contribution in [0.4, 0.5) is 17.4 Å². The van der Waals surface area contributed by atoms with Crippen molar-refractivity contribution in [3.05, 3.63) is 39.8 Å². The molecule has 1 aromatic heterocycles. The van der Waals surface area contributed by atoms with Crippen molar-refractivity contribution in [3.63, 3.8) is 0 Å². The summed E-state index contributed by atoms with van der Waals surface area (Å²) in [6, 6.07) is 3.92. The first-order valence-electron chi connectivity index (χ1n) is 5.13. The molecule has 1 amide bonds. The van der Waals surface area contributed by atoms with E-state index in [2.05, 4.69) is 15.5 Å². The Morgan fingerprint density at radius 2 is 2.21 bits per heavy atom. The molecule has 0 bridgehead atoms. The van der Waals surface area contributed by atoms with Gasteiger partial charge in [0.1, 0.15) is 11.3 Å². The SMILES string of the molecule is Cc1nnc(NC(=O)c2cccc(N)c2[N+](=O)[O-])o1. The average molecular weight is 263 g/mol. The number of aromatic nitrogens is 2. The van der Waals surface area contributed by atoms with Crippen LogP contribution in [0.2, 0.25) is 0 Å². The predicted octanol–water partition coefficient (Wildman–Crippen LogP) is 1.12. The van der Waals surface area contributed by atoms with Crippen molar-refractivity contribution >= 4 is 23.3 Å². The van der Waals surface area contributed by atoms with Gasteiger partial charge in [-0.15, -0.1) is 5.10 Å². The number of rotatable bonds is 3. The first kappa shape index (κ1) is 12.5. The Bertz CT molecular complexity index is 651. The second-order valence-electron chi connectivity index (χ2n) is 3.58. The summed E-state index contributed by atoms with van der Waals surface area (Å²) < 4.78 is 4.95. The molecule has 2 rings (SSSR count). The van der Waals surface area contributed by atoms with Crippen molar-refractivity contribution in [2.24, 2.45) is 0 Å². The zero-order valence-corrected chi connectivity index (χ0v) is 9.78. The van der Waals surface area contributed by atoms with Gasteiger partial charge in [-0.2, -0.15) is 0 Å². The summed E-state index contributed by atoms with van der Waals surface area (Å²) in [5.74, 6) is -0.486. The van der Waals surface area contributed by atoms with Crippen LogP contribution in [0.3, 0.4) is 0 Å². The number of carbonyl (C=O) groups excluding carboxylic acids is 1. The summed E-state index contributed by atoms with van der Waals surface area (Å²) in [5, 5.41) is 20.2. The number of nitrogens with zero attached hydrogens (tertiary/aromatic N) is 3. The van der Waals surface area contributed by atoms with E-state index in [0.717, 1.165) is 0 Å². The highest BCUT2D eigenvalue weighted by atomic mass is 16.6. The Morgan fingerprint density at radius 3 is 2.79 bits per heavy atom. The molecule has 3 N–H and O–H groups in total. The van der Waals surface area contributed by atoms with E-state index in [4.69, 9.17) is 10.2 Å². The molecule has 98 valence electrons. The van der Waals surface area contributed by atoms with Gasteiger partial charge in [-0.05, 0) is 12.1 Å². The maximum absolute atomic E-state index is 11.9. The van der Waals surface area contributed by atoms with Crippen LogP contribution < -0.4 is 11.1 Å². The molecule has 0 aliphatic heterocycles. The van der Waals surface area contributed by atoms with Gasteiger partial charge in [0.25, 0.3) is 5.91 Å². The van der Waals surface area contributed by atoms with E-state index in [-0.39, 0.29) is 23.2 Å². The van der Waals surface area contributed by atoms with Crippen molar-refractivity contribution in [2.75, 3.05) is 11.1 Å². The molecule has 1 aromatic carbocycles. The molecule has 9 heteroatoms. The van der Waals surface area contributed by atoms with E-state index < -0.39 is 16.5 Å². The quantitative estimate of drug-likeness (QED) is 0.480. The normalized spacial score (nSPS) is 10.2. The summed E-state index contributed by atoms with van der Waals surface area (Å²) in [6.45, 7) is 1.55. The van der Waals surface area contributed by atoms with E-state index >= 15 is 0 Å². The second kappa shape index (κ2) is 4.72. The summed E-state index contributed by atoms with van der Waals surface area (Å²) in [5.41, 5.74) is 4.75. The Balaban J connectivity index is 2.34. The third kappa shape index (κ3) is 2.49. The van der Waals surface area contributed by atoms with E-state index in [9.17, 15) is 14.9 Å². The predicted molar refractivity (Wildman–Crippen MR) is 64.5 cm³/mol. The summed E-state index contributed by atoms with van der Waals surface area (Å²) in [7, 11) is 0. The Kier molecular flexibility index (Phi) is 3.10. The Morgan fingerprint density at radius 1 is 1.47 bits per heavy atom. The lowest BCUT2D eigenvalue weighted by Gasteiger charge is -2.03. The molecule has 2 aromatic rings. The van der Waals surface area contributed by atoms with E-state index in [1.54, 1.807) is 6.92 Å². The minimum atomic E-state index is -0.748. The molecule has 0 fully saturated rings. The highest BCUT2D eigenvalue weighted by Gasteiger charge is 2.24. The van der Waals surface area contributed by atoms with Crippen molar-refractivity contribution in [2.45, 2.75) is 6.92 Å². The number of benzene rings is 1. The molecule has 9 nitrogen and oxygen atoms in total. The van der Waals surface area contributed by atoms with E-state index in [1.807, 2.05) is 0 Å². The van der Waals surface area contributed by atoms with Gasteiger partial charge in [-0.1, -0.05) is 11.2 Å². The molecule has 0 saturated heterocycles. The highest BCUT2D eigenvalue weighted by molar-refractivity contribution is 6.07. The topological polar surface area (TPSA) is 137 Å². The lowest BCUT2D eigenvalue weighted by atomic mass is 10.1. The highest BCUT2D eigenvalue weighted by Crippen LogP contribution is 2.26. The fourth-order valence-corrected chi connectivity index (χ4v) is 1.46. The number of para-hydroxylation sites is 1. The number of aryl methyl sites for hydroxylation is 1. The summed E-state index contributed by atoms with van der Waals surface area (Å²) >= 11 is 0. The van der Waals surface area contributed by atoms with Crippen molar-refractivity contribution in [1.82, 2.24) is 10.2 Å². The zero-order chi connectivity index (χ0) is 14.0. The maximum atomic E-state index is 11.9. The Labute approximate surface area is 106 Å². The first-order chi connectivity index (χ1) is 8.99. The number of nitrogens with one attached hydrogen (secondary N) is 1. The number of carbonyl (C=O) groups is 1. The largest absolute Gasteiger partial charge is 0.408 e. The van der Waals surface area contributed by atoms with E-state index in [0.29, 0.717) is 0 Å². The number of nitro benzene ring substituents is 1. The van der Waals surface area contributed by atoms with Gasteiger partial charge < -0.3 is 10.2 Å². The molecular weight excluding hydrogens is 254 g/mol. The van der Waals surface area contributed by atoms with Gasteiger partial charge >= 0.3 is 11.7 Å². The molecule has 0 unspecified atom stereocenters. The van der Waals surface area contributed by atoms with Crippen LogP contribution in [0.15, 0.2) is 22.6 Å². The summed E-state index contributed by atoms with van der Waals surface area (Å²) in [4.78, 5) is 22.1. The third-order valence-electron chi connectivity index (χ3n) is 2.24. The number of hydrogen-bond donors (Lipinski definition) is 2. The standard InChI is InChI=1S/C10H9N5O4/c1-5-13-14-10(19-5)12-9(16)6-3-2-4-7(11)8(6)15(17)18/h2-4H,11H2,1H3,(H,12,14,16). The van der Waals surface area contributed by atoms with Gasteiger partial charge in [0.15, 0.2) is 0 Å². The molecule has 0 spiro atoms. The van der Waals surface area contributed by atoms with Crippen LogP contribution >= 0.6 is 0 Å². The van der Waals surface area contributed by atoms with Gasteiger partial charge in [0.2, 0.25) is 5.89 Å². The van der Waals surface area contributed by atoms with Crippen LogP contribution in [-0.4, -0.2) is 21.0 Å². The second-order valence-corrected chi connectivity index (χ2v) is 3.58. The third-order valence-corrected chi connectivity index (χ3v) is 2.24. The minimum Gasteiger partial charge on any atom is -0.408 e. The Hall–Kier alpha value is -2.97. The van der Waals surface area contributed by atoms with Crippen molar-refractivity contribution < 1.29 is 14.1 Å². The molecule has 0 aliphatic carbocycles. The number of nitrogen functional groups attached to an aromatic ring is 1.